The molecule has 1 amide bonds. The second kappa shape index (κ2) is 4.48. The van der Waals surface area contributed by atoms with Crippen LogP contribution in [0, 0.1) is 10.1 Å². The number of rotatable bonds is 4. The molecule has 0 saturated heterocycles. The lowest BCUT2D eigenvalue weighted by Gasteiger charge is -2.16. The third kappa shape index (κ3) is 2.16. The van der Waals surface area contributed by atoms with Gasteiger partial charge in [0.1, 0.15) is 4.92 Å². The first kappa shape index (κ1) is 12.4. The maximum Gasteiger partial charge on any atom is 0.433 e. The Morgan fingerprint density at radius 2 is 1.90 bits per heavy atom. The molecular formula is C14H12N2O4. The molecule has 1 aliphatic carbocycles. The van der Waals surface area contributed by atoms with Gasteiger partial charge in [-0.3, -0.25) is 14.9 Å². The van der Waals surface area contributed by atoms with Crippen LogP contribution in [0.1, 0.15) is 29.0 Å². The molecule has 3 rings (SSSR count). The molecule has 102 valence electrons. The molecule has 0 radical (unpaired) electrons. The van der Waals surface area contributed by atoms with Gasteiger partial charge < -0.3 is 9.73 Å². The number of amides is 1. The van der Waals surface area contributed by atoms with Crippen molar-refractivity contribution in [2.24, 2.45) is 0 Å². The second-order valence-corrected chi connectivity index (χ2v) is 4.80. The SMILES string of the molecule is O=C(NC1(c2ccccc2)CC1)c1ccc([N+](=O)[O-])o1. The van der Waals surface area contributed by atoms with Crippen LogP contribution in [0.2, 0.25) is 0 Å². The third-order valence-electron chi connectivity index (χ3n) is 3.42. The van der Waals surface area contributed by atoms with E-state index < -0.39 is 16.7 Å². The van der Waals surface area contributed by atoms with E-state index in [2.05, 4.69) is 5.32 Å². The number of hydrogen-bond acceptors (Lipinski definition) is 4. The number of furan rings is 1. The van der Waals surface area contributed by atoms with Gasteiger partial charge in [-0.15, -0.1) is 0 Å². The molecule has 0 bridgehead atoms. The predicted molar refractivity (Wildman–Crippen MR) is 70.2 cm³/mol. The lowest BCUT2D eigenvalue weighted by molar-refractivity contribution is -0.402. The first-order chi connectivity index (χ1) is 9.61. The number of carbonyl (C=O) groups excluding carboxylic acids is 1. The van der Waals surface area contributed by atoms with Gasteiger partial charge in [0.15, 0.2) is 5.76 Å². The van der Waals surface area contributed by atoms with Crippen LogP contribution in [0.3, 0.4) is 0 Å². The van der Waals surface area contributed by atoms with Crippen molar-refractivity contribution in [2.45, 2.75) is 18.4 Å². The quantitative estimate of drug-likeness (QED) is 0.684. The van der Waals surface area contributed by atoms with Crippen LogP contribution in [0.25, 0.3) is 0 Å². The smallest absolute Gasteiger partial charge is 0.395 e. The van der Waals surface area contributed by atoms with E-state index in [1.54, 1.807) is 0 Å². The molecule has 6 nitrogen and oxygen atoms in total. The monoisotopic (exact) mass is 272 g/mol. The molecule has 1 aromatic heterocycles. The number of nitro groups is 1. The van der Waals surface area contributed by atoms with Crippen LogP contribution >= 0.6 is 0 Å². The number of benzene rings is 1. The van der Waals surface area contributed by atoms with Gasteiger partial charge >= 0.3 is 5.88 Å². The van der Waals surface area contributed by atoms with Crippen LogP contribution in [-0.2, 0) is 5.54 Å². The average Bonchev–Trinajstić information content (AvgIpc) is 3.05. The molecule has 20 heavy (non-hydrogen) atoms. The third-order valence-corrected chi connectivity index (χ3v) is 3.42. The first-order valence-electron chi connectivity index (χ1n) is 6.23. The molecule has 1 aliphatic rings. The standard InChI is InChI=1S/C14H12N2O4/c17-13(11-6-7-12(20-11)16(18)19)15-14(8-9-14)10-4-2-1-3-5-10/h1-7H,8-9H2,(H,15,17). The summed E-state index contributed by atoms with van der Waals surface area (Å²) in [6.07, 6.45) is 1.71. The van der Waals surface area contributed by atoms with Crippen molar-refractivity contribution in [1.29, 1.82) is 0 Å². The summed E-state index contributed by atoms with van der Waals surface area (Å²) in [5, 5.41) is 13.4. The number of hydrogen-bond donors (Lipinski definition) is 1. The fourth-order valence-electron chi connectivity index (χ4n) is 2.19. The Labute approximate surface area is 114 Å². The van der Waals surface area contributed by atoms with Crippen LogP contribution in [0.4, 0.5) is 5.88 Å². The van der Waals surface area contributed by atoms with E-state index in [0.29, 0.717) is 0 Å². The number of carbonyl (C=O) groups is 1. The van der Waals surface area contributed by atoms with E-state index in [9.17, 15) is 14.9 Å². The van der Waals surface area contributed by atoms with Crippen LogP contribution in [0.15, 0.2) is 46.9 Å². The van der Waals surface area contributed by atoms with Crippen molar-refractivity contribution in [1.82, 2.24) is 5.32 Å². The van der Waals surface area contributed by atoms with Crippen LogP contribution < -0.4 is 5.32 Å². The molecular weight excluding hydrogens is 260 g/mol. The minimum atomic E-state index is -0.666. The molecule has 1 saturated carbocycles. The molecule has 1 heterocycles. The molecule has 0 spiro atoms. The minimum Gasteiger partial charge on any atom is -0.395 e. The molecule has 0 aliphatic heterocycles. The largest absolute Gasteiger partial charge is 0.433 e. The summed E-state index contributed by atoms with van der Waals surface area (Å²) in [6, 6.07) is 12.1. The van der Waals surface area contributed by atoms with Crippen molar-refractivity contribution in [3.05, 3.63) is 63.9 Å². The summed E-state index contributed by atoms with van der Waals surface area (Å²) in [6.45, 7) is 0. The molecule has 1 fully saturated rings. The van der Waals surface area contributed by atoms with Gasteiger partial charge in [0.05, 0.1) is 11.6 Å². The summed E-state index contributed by atoms with van der Waals surface area (Å²) >= 11 is 0. The maximum atomic E-state index is 12.1. The van der Waals surface area contributed by atoms with Gasteiger partial charge in [0, 0.05) is 0 Å². The number of nitrogens with one attached hydrogen (secondary N) is 1. The van der Waals surface area contributed by atoms with E-state index in [-0.39, 0.29) is 11.3 Å². The maximum absolute atomic E-state index is 12.1. The Hall–Kier alpha value is -2.63. The van der Waals surface area contributed by atoms with Gasteiger partial charge in [0.25, 0.3) is 5.91 Å². The summed E-state index contributed by atoms with van der Waals surface area (Å²) < 4.78 is 4.91. The molecule has 1 N–H and O–H groups in total. The summed E-state index contributed by atoms with van der Waals surface area (Å²) in [5.41, 5.74) is 0.675. The predicted octanol–water partition coefficient (Wildman–Crippen LogP) is 2.61. The van der Waals surface area contributed by atoms with E-state index in [1.807, 2.05) is 30.3 Å². The van der Waals surface area contributed by atoms with Crippen LogP contribution in [-0.4, -0.2) is 10.8 Å². The highest BCUT2D eigenvalue weighted by atomic mass is 16.6. The fraction of sp³-hybridized carbons (Fsp3) is 0.214. The average molecular weight is 272 g/mol. The van der Waals surface area contributed by atoms with Crippen molar-refractivity contribution in [3.8, 4) is 0 Å². The Kier molecular flexibility index (Phi) is 2.78. The van der Waals surface area contributed by atoms with Crippen molar-refractivity contribution < 1.29 is 14.1 Å². The van der Waals surface area contributed by atoms with E-state index >= 15 is 0 Å². The van der Waals surface area contributed by atoms with Gasteiger partial charge in [-0.2, -0.15) is 0 Å². The fourth-order valence-corrected chi connectivity index (χ4v) is 2.19. The lowest BCUT2D eigenvalue weighted by atomic mass is 10.1. The second-order valence-electron chi connectivity index (χ2n) is 4.80. The highest BCUT2D eigenvalue weighted by molar-refractivity contribution is 5.92. The number of nitrogens with zero attached hydrogens (tertiary/aromatic N) is 1. The Morgan fingerprint density at radius 3 is 2.45 bits per heavy atom. The Bertz CT molecular complexity index is 659. The molecule has 0 atom stereocenters. The Balaban J connectivity index is 1.77. The Morgan fingerprint density at radius 1 is 1.20 bits per heavy atom. The molecule has 0 unspecified atom stereocenters. The normalized spacial score (nSPS) is 15.6. The summed E-state index contributed by atoms with van der Waals surface area (Å²) in [7, 11) is 0. The highest BCUT2D eigenvalue weighted by Gasteiger charge is 2.46. The first-order valence-corrected chi connectivity index (χ1v) is 6.23. The van der Waals surface area contributed by atoms with E-state index in [4.69, 9.17) is 4.42 Å². The van der Waals surface area contributed by atoms with Gasteiger partial charge in [-0.25, -0.2) is 0 Å². The zero-order valence-electron chi connectivity index (χ0n) is 10.5. The topological polar surface area (TPSA) is 85.4 Å². The molecule has 2 aromatic rings. The summed E-state index contributed by atoms with van der Waals surface area (Å²) in [5.74, 6) is -0.905. The lowest BCUT2D eigenvalue weighted by Crippen LogP contribution is -2.34. The zero-order chi connectivity index (χ0) is 14.2. The van der Waals surface area contributed by atoms with Crippen molar-refractivity contribution >= 4 is 11.8 Å². The van der Waals surface area contributed by atoms with Crippen molar-refractivity contribution in [3.63, 3.8) is 0 Å². The molecule has 1 aromatic carbocycles. The highest BCUT2D eigenvalue weighted by Crippen LogP contribution is 2.45. The van der Waals surface area contributed by atoms with Crippen molar-refractivity contribution in [2.75, 3.05) is 0 Å². The molecule has 6 heteroatoms. The van der Waals surface area contributed by atoms with E-state index in [0.717, 1.165) is 18.4 Å². The van der Waals surface area contributed by atoms with Gasteiger partial charge in [-0.1, -0.05) is 30.3 Å². The van der Waals surface area contributed by atoms with Crippen LogP contribution in [0.5, 0.6) is 0 Å². The van der Waals surface area contributed by atoms with E-state index in [1.165, 1.54) is 12.1 Å². The van der Waals surface area contributed by atoms with Gasteiger partial charge in [0.2, 0.25) is 0 Å². The minimum absolute atomic E-state index is 0.0427. The summed E-state index contributed by atoms with van der Waals surface area (Å²) in [4.78, 5) is 22.0. The van der Waals surface area contributed by atoms with Gasteiger partial charge in [-0.05, 0) is 24.5 Å². The zero-order valence-corrected chi connectivity index (χ0v) is 10.5.